The molecular formula is C9H9ClN4O4S. The summed E-state index contributed by atoms with van der Waals surface area (Å²) in [7, 11) is -3.84. The molecule has 0 unspecified atom stereocenters. The van der Waals surface area contributed by atoms with E-state index in [0.717, 1.165) is 10.4 Å². The lowest BCUT2D eigenvalue weighted by Crippen LogP contribution is -2.45. The second kappa shape index (κ2) is 4.76. The standard InChI is InChI=1S/C9H9ClN4O4S/c1-2-3-13-9-6(5-11-19(13,17)18)12-8(10)4-7(9)14(15)16/h2,4,11H,1,3,5H2. The Morgan fingerprint density at radius 2 is 2.37 bits per heavy atom. The number of fused-ring (bicyclic) bond motifs is 1. The summed E-state index contributed by atoms with van der Waals surface area (Å²) in [6.07, 6.45) is 1.33. The Kier molecular flexibility index (Phi) is 3.43. The molecule has 0 spiro atoms. The van der Waals surface area contributed by atoms with Crippen LogP contribution >= 0.6 is 11.6 Å². The molecule has 0 atom stereocenters. The minimum absolute atomic E-state index is 0.0647. The maximum absolute atomic E-state index is 11.9. The molecule has 0 fully saturated rings. The number of anilines is 1. The number of nitro groups is 1. The molecule has 0 saturated heterocycles. The Bertz CT molecular complexity index is 660. The molecule has 1 aliphatic heterocycles. The zero-order chi connectivity index (χ0) is 14.2. The van der Waals surface area contributed by atoms with Gasteiger partial charge in [0.05, 0.1) is 29.8 Å². The third kappa shape index (κ3) is 2.39. The summed E-state index contributed by atoms with van der Waals surface area (Å²) < 4.78 is 26.9. The van der Waals surface area contributed by atoms with Gasteiger partial charge in [-0.2, -0.15) is 13.1 Å². The zero-order valence-electron chi connectivity index (χ0n) is 9.54. The number of nitrogens with zero attached hydrogens (tertiary/aromatic N) is 3. The van der Waals surface area contributed by atoms with E-state index in [9.17, 15) is 18.5 Å². The molecule has 1 aromatic heterocycles. The number of pyridine rings is 1. The van der Waals surface area contributed by atoms with Gasteiger partial charge in [0.2, 0.25) is 0 Å². The van der Waals surface area contributed by atoms with E-state index in [2.05, 4.69) is 16.3 Å². The highest BCUT2D eigenvalue weighted by Gasteiger charge is 2.36. The summed E-state index contributed by atoms with van der Waals surface area (Å²) >= 11 is 5.69. The van der Waals surface area contributed by atoms with Crippen LogP contribution in [-0.2, 0) is 16.8 Å². The molecule has 1 N–H and O–H groups in total. The van der Waals surface area contributed by atoms with Crippen LogP contribution in [-0.4, -0.2) is 24.9 Å². The van der Waals surface area contributed by atoms with Gasteiger partial charge in [-0.05, 0) is 0 Å². The van der Waals surface area contributed by atoms with E-state index in [1.807, 2.05) is 0 Å². The van der Waals surface area contributed by atoms with Crippen LogP contribution in [0, 0.1) is 10.1 Å². The fourth-order valence-corrected chi connectivity index (χ4v) is 3.16. The van der Waals surface area contributed by atoms with Gasteiger partial charge >= 0.3 is 10.2 Å². The van der Waals surface area contributed by atoms with Gasteiger partial charge < -0.3 is 0 Å². The molecule has 0 radical (unpaired) electrons. The Labute approximate surface area is 114 Å². The number of aromatic nitrogens is 1. The Hall–Kier alpha value is -1.71. The number of nitrogens with one attached hydrogen (secondary N) is 1. The summed E-state index contributed by atoms with van der Waals surface area (Å²) in [5.41, 5.74) is -0.272. The van der Waals surface area contributed by atoms with Crippen molar-refractivity contribution < 1.29 is 13.3 Å². The zero-order valence-corrected chi connectivity index (χ0v) is 11.1. The number of hydrogen-bond acceptors (Lipinski definition) is 5. The van der Waals surface area contributed by atoms with Crippen molar-refractivity contribution in [3.05, 3.63) is 39.7 Å². The van der Waals surface area contributed by atoms with Gasteiger partial charge in [-0.25, -0.2) is 9.29 Å². The molecular weight excluding hydrogens is 296 g/mol. The monoisotopic (exact) mass is 304 g/mol. The largest absolute Gasteiger partial charge is 0.302 e. The maximum atomic E-state index is 11.9. The summed E-state index contributed by atoms with van der Waals surface area (Å²) in [6.45, 7) is 3.18. The molecule has 19 heavy (non-hydrogen) atoms. The Balaban J connectivity index is 2.73. The topological polar surface area (TPSA) is 105 Å². The van der Waals surface area contributed by atoms with Crippen LogP contribution in [0.2, 0.25) is 5.15 Å². The second-order valence-corrected chi connectivity index (χ2v) is 5.73. The van der Waals surface area contributed by atoms with Crippen LogP contribution in [0.4, 0.5) is 11.4 Å². The van der Waals surface area contributed by atoms with Gasteiger partial charge in [0.15, 0.2) is 5.69 Å². The fourth-order valence-electron chi connectivity index (χ4n) is 1.74. The minimum Gasteiger partial charge on any atom is -0.258 e. The van der Waals surface area contributed by atoms with Gasteiger partial charge in [-0.1, -0.05) is 17.7 Å². The van der Waals surface area contributed by atoms with Crippen molar-refractivity contribution >= 4 is 33.2 Å². The summed E-state index contributed by atoms with van der Waals surface area (Å²) in [4.78, 5) is 14.3. The van der Waals surface area contributed by atoms with Crippen molar-refractivity contribution in [1.29, 1.82) is 0 Å². The molecule has 0 bridgehead atoms. The molecule has 0 aromatic carbocycles. The molecule has 1 aromatic rings. The molecule has 2 heterocycles. The maximum Gasteiger partial charge on any atom is 0.302 e. The minimum atomic E-state index is -3.84. The third-order valence-corrected chi connectivity index (χ3v) is 4.08. The van der Waals surface area contributed by atoms with Crippen LogP contribution in [0.1, 0.15) is 5.69 Å². The second-order valence-electron chi connectivity index (χ2n) is 3.66. The van der Waals surface area contributed by atoms with Crippen molar-refractivity contribution in [2.75, 3.05) is 10.8 Å². The number of hydrogen-bond donors (Lipinski definition) is 1. The van der Waals surface area contributed by atoms with Crippen molar-refractivity contribution in [3.63, 3.8) is 0 Å². The molecule has 8 nitrogen and oxygen atoms in total. The quantitative estimate of drug-likeness (QED) is 0.388. The molecule has 2 rings (SSSR count). The summed E-state index contributed by atoms with van der Waals surface area (Å²) in [5, 5.41) is 11.0. The number of halogens is 1. The lowest BCUT2D eigenvalue weighted by molar-refractivity contribution is -0.384. The molecule has 0 aliphatic carbocycles. The summed E-state index contributed by atoms with van der Waals surface area (Å²) in [5.74, 6) is 0. The van der Waals surface area contributed by atoms with Gasteiger partial charge in [-0.3, -0.25) is 10.1 Å². The van der Waals surface area contributed by atoms with Gasteiger partial charge in [0, 0.05) is 0 Å². The lowest BCUT2D eigenvalue weighted by atomic mass is 10.2. The highest BCUT2D eigenvalue weighted by Crippen LogP contribution is 2.36. The normalized spacial score (nSPS) is 16.8. The number of rotatable bonds is 3. The van der Waals surface area contributed by atoms with E-state index < -0.39 is 20.8 Å². The molecule has 10 heteroatoms. The molecule has 102 valence electrons. The van der Waals surface area contributed by atoms with E-state index >= 15 is 0 Å². The van der Waals surface area contributed by atoms with E-state index in [1.54, 1.807) is 0 Å². The average Bonchev–Trinajstić information content (AvgIpc) is 2.32. The Morgan fingerprint density at radius 1 is 1.68 bits per heavy atom. The first-order valence-electron chi connectivity index (χ1n) is 5.09. The first-order valence-corrected chi connectivity index (χ1v) is 6.90. The first-order chi connectivity index (χ1) is 8.86. The Morgan fingerprint density at radius 3 is 2.95 bits per heavy atom. The third-order valence-electron chi connectivity index (χ3n) is 2.47. The fraction of sp³-hybridized carbons (Fsp3) is 0.222. The lowest BCUT2D eigenvalue weighted by Gasteiger charge is -2.28. The van der Waals surface area contributed by atoms with Crippen molar-refractivity contribution in [3.8, 4) is 0 Å². The molecule has 0 saturated carbocycles. The average molecular weight is 305 g/mol. The van der Waals surface area contributed by atoms with Crippen molar-refractivity contribution in [2.45, 2.75) is 6.54 Å². The van der Waals surface area contributed by atoms with Crippen LogP contribution < -0.4 is 9.03 Å². The highest BCUT2D eigenvalue weighted by molar-refractivity contribution is 7.91. The van der Waals surface area contributed by atoms with Gasteiger partial charge in [-0.15, -0.1) is 6.58 Å². The van der Waals surface area contributed by atoms with Crippen molar-refractivity contribution in [1.82, 2.24) is 9.71 Å². The van der Waals surface area contributed by atoms with E-state index in [0.29, 0.717) is 0 Å². The smallest absolute Gasteiger partial charge is 0.258 e. The van der Waals surface area contributed by atoms with Gasteiger partial charge in [0.25, 0.3) is 5.69 Å². The predicted molar refractivity (Wildman–Crippen MR) is 69.2 cm³/mol. The van der Waals surface area contributed by atoms with Crippen molar-refractivity contribution in [2.24, 2.45) is 0 Å². The van der Waals surface area contributed by atoms with Crippen LogP contribution in [0.5, 0.6) is 0 Å². The van der Waals surface area contributed by atoms with E-state index in [1.165, 1.54) is 6.08 Å². The van der Waals surface area contributed by atoms with Crippen LogP contribution in [0.3, 0.4) is 0 Å². The SMILES string of the molecule is C=CCN1c2c([N+](=O)[O-])cc(Cl)nc2CNS1(=O)=O. The van der Waals surface area contributed by atoms with Gasteiger partial charge in [0.1, 0.15) is 5.15 Å². The molecule has 0 amide bonds. The predicted octanol–water partition coefficient (Wildman–Crippen LogP) is 0.984. The van der Waals surface area contributed by atoms with Crippen LogP contribution in [0.15, 0.2) is 18.7 Å². The van der Waals surface area contributed by atoms with E-state index in [-0.39, 0.29) is 29.6 Å². The van der Waals surface area contributed by atoms with E-state index in [4.69, 9.17) is 11.6 Å². The summed E-state index contributed by atoms with van der Waals surface area (Å²) in [6, 6.07) is 1.03. The first kappa shape index (κ1) is 13.7. The molecule has 1 aliphatic rings. The van der Waals surface area contributed by atoms with Crippen LogP contribution in [0.25, 0.3) is 0 Å². The highest BCUT2D eigenvalue weighted by atomic mass is 35.5.